The van der Waals surface area contributed by atoms with E-state index in [1.54, 1.807) is 12.1 Å². The summed E-state index contributed by atoms with van der Waals surface area (Å²) >= 11 is 0. The summed E-state index contributed by atoms with van der Waals surface area (Å²) in [7, 11) is 0. The molecule has 0 fully saturated rings. The Morgan fingerprint density at radius 2 is 1.47 bits per heavy atom. The van der Waals surface area contributed by atoms with Crippen molar-refractivity contribution in [2.75, 3.05) is 13.1 Å². The molecule has 0 radical (unpaired) electrons. The molecule has 0 N–H and O–H groups in total. The lowest BCUT2D eigenvalue weighted by molar-refractivity contribution is -0.384. The molecule has 0 aliphatic rings. The third kappa shape index (κ3) is 8.38. The number of nitro benzene ring substituents is 1. The van der Waals surface area contributed by atoms with E-state index in [0.29, 0.717) is 12.2 Å². The van der Waals surface area contributed by atoms with Crippen LogP contribution in [0.5, 0.6) is 0 Å². The molecule has 2 aromatic rings. The van der Waals surface area contributed by atoms with Gasteiger partial charge in [-0.05, 0) is 32.0 Å². The second-order valence-electron chi connectivity index (χ2n) is 8.31. The zero-order valence-corrected chi connectivity index (χ0v) is 18.9. The van der Waals surface area contributed by atoms with Crippen LogP contribution in [0.1, 0.15) is 90.9 Å². The molecular weight excluding hydrogens is 378 g/mol. The number of unbranched alkanes of at least 4 members (excludes halogenated alkanes) is 10. The van der Waals surface area contributed by atoms with Crippen LogP contribution in [-0.2, 0) is 6.67 Å². The Morgan fingerprint density at radius 3 is 2.03 bits per heavy atom. The zero-order chi connectivity index (χ0) is 21.6. The highest BCUT2D eigenvalue weighted by Gasteiger charge is 2.14. The molecule has 0 aliphatic heterocycles. The summed E-state index contributed by atoms with van der Waals surface area (Å²) in [5.41, 5.74) is 1.53. The van der Waals surface area contributed by atoms with E-state index >= 15 is 0 Å². The predicted molar refractivity (Wildman–Crippen MR) is 123 cm³/mol. The van der Waals surface area contributed by atoms with Gasteiger partial charge in [0.1, 0.15) is 5.52 Å². The second kappa shape index (κ2) is 14.1. The monoisotopic (exact) mass is 417 g/mol. The van der Waals surface area contributed by atoms with Gasteiger partial charge in [-0.1, -0.05) is 83.3 Å². The van der Waals surface area contributed by atoms with Gasteiger partial charge >= 0.3 is 0 Å². The van der Waals surface area contributed by atoms with Crippen molar-refractivity contribution in [1.82, 2.24) is 19.9 Å². The summed E-state index contributed by atoms with van der Waals surface area (Å²) in [5.74, 6) is 0. The summed E-state index contributed by atoms with van der Waals surface area (Å²) < 4.78 is 1.82. The van der Waals surface area contributed by atoms with Gasteiger partial charge in [-0.2, -0.15) is 0 Å². The van der Waals surface area contributed by atoms with Gasteiger partial charge < -0.3 is 0 Å². The Labute approximate surface area is 181 Å². The van der Waals surface area contributed by atoms with E-state index in [4.69, 9.17) is 0 Å². The zero-order valence-electron chi connectivity index (χ0n) is 18.9. The number of aromatic nitrogens is 3. The quantitative estimate of drug-likeness (QED) is 0.171. The van der Waals surface area contributed by atoms with Crippen molar-refractivity contribution in [2.24, 2.45) is 0 Å². The van der Waals surface area contributed by atoms with Gasteiger partial charge in [0.15, 0.2) is 0 Å². The minimum atomic E-state index is -0.360. The van der Waals surface area contributed by atoms with Crippen molar-refractivity contribution in [1.29, 1.82) is 0 Å². The van der Waals surface area contributed by atoms with Crippen molar-refractivity contribution in [3.8, 4) is 0 Å². The predicted octanol–water partition coefficient (Wildman–Crippen LogP) is 6.32. The maximum atomic E-state index is 11.1. The van der Waals surface area contributed by atoms with Crippen LogP contribution in [-0.4, -0.2) is 37.9 Å². The fraction of sp³-hybridized carbons (Fsp3) is 0.739. The first kappa shape index (κ1) is 24.3. The molecule has 0 atom stereocenters. The summed E-state index contributed by atoms with van der Waals surface area (Å²) in [6.07, 6.45) is 15.3. The van der Waals surface area contributed by atoms with Crippen molar-refractivity contribution >= 4 is 16.7 Å². The first-order valence-electron chi connectivity index (χ1n) is 11.9. The smallest absolute Gasteiger partial charge is 0.271 e. The van der Waals surface area contributed by atoms with E-state index in [9.17, 15) is 10.1 Å². The van der Waals surface area contributed by atoms with Crippen molar-refractivity contribution in [3.05, 3.63) is 28.3 Å². The van der Waals surface area contributed by atoms with Crippen LogP contribution in [0.15, 0.2) is 18.2 Å². The third-order valence-electron chi connectivity index (χ3n) is 5.70. The van der Waals surface area contributed by atoms with Crippen LogP contribution in [0, 0.1) is 10.1 Å². The maximum absolute atomic E-state index is 11.1. The summed E-state index contributed by atoms with van der Waals surface area (Å²) in [6.45, 7) is 7.21. The topological polar surface area (TPSA) is 77.1 Å². The molecule has 1 aromatic heterocycles. The molecule has 0 saturated heterocycles. The van der Waals surface area contributed by atoms with Gasteiger partial charge in [-0.15, -0.1) is 5.10 Å². The highest BCUT2D eigenvalue weighted by molar-refractivity contribution is 5.76. The number of non-ortho nitro benzene ring substituents is 1. The molecule has 0 spiro atoms. The highest BCUT2D eigenvalue weighted by Crippen LogP contribution is 2.19. The van der Waals surface area contributed by atoms with E-state index in [2.05, 4.69) is 29.1 Å². The molecule has 1 heterocycles. The Kier molecular flexibility index (Phi) is 11.4. The van der Waals surface area contributed by atoms with Gasteiger partial charge in [0.25, 0.3) is 5.69 Å². The minimum absolute atomic E-state index is 0.0875. The Bertz CT molecular complexity index is 730. The molecule has 7 nitrogen and oxygen atoms in total. The molecule has 0 saturated carbocycles. The lowest BCUT2D eigenvalue weighted by Crippen LogP contribution is -2.29. The first-order chi connectivity index (χ1) is 14.7. The van der Waals surface area contributed by atoms with Crippen LogP contribution >= 0.6 is 0 Å². The Morgan fingerprint density at radius 1 is 0.900 bits per heavy atom. The molecule has 168 valence electrons. The lowest BCUT2D eigenvalue weighted by atomic mass is 10.1. The molecule has 1 aromatic carbocycles. The number of hydrogen-bond acceptors (Lipinski definition) is 5. The Hall–Kier alpha value is -2.02. The molecule has 0 unspecified atom stereocenters. The number of rotatable bonds is 17. The van der Waals surface area contributed by atoms with Gasteiger partial charge in [-0.25, -0.2) is 4.68 Å². The normalized spacial score (nSPS) is 11.6. The maximum Gasteiger partial charge on any atom is 0.271 e. The third-order valence-corrected chi connectivity index (χ3v) is 5.70. The fourth-order valence-electron chi connectivity index (χ4n) is 3.85. The van der Waals surface area contributed by atoms with Gasteiger partial charge in [-0.3, -0.25) is 15.0 Å². The van der Waals surface area contributed by atoms with Crippen LogP contribution in [0.2, 0.25) is 0 Å². The number of nitrogens with zero attached hydrogens (tertiary/aromatic N) is 5. The average Bonchev–Trinajstić information content (AvgIpc) is 3.14. The van der Waals surface area contributed by atoms with Gasteiger partial charge in [0.2, 0.25) is 0 Å². The fourth-order valence-corrected chi connectivity index (χ4v) is 3.85. The van der Waals surface area contributed by atoms with Crippen LogP contribution in [0.3, 0.4) is 0 Å². The summed E-state index contributed by atoms with van der Waals surface area (Å²) in [6, 6.07) is 4.76. The van der Waals surface area contributed by atoms with Crippen molar-refractivity contribution < 1.29 is 4.92 Å². The highest BCUT2D eigenvalue weighted by atomic mass is 16.6. The number of hydrogen-bond donors (Lipinski definition) is 0. The van der Waals surface area contributed by atoms with Crippen LogP contribution in [0.25, 0.3) is 11.0 Å². The van der Waals surface area contributed by atoms with Crippen LogP contribution < -0.4 is 0 Å². The van der Waals surface area contributed by atoms with E-state index < -0.39 is 0 Å². The van der Waals surface area contributed by atoms with E-state index in [1.165, 1.54) is 83.1 Å². The van der Waals surface area contributed by atoms with E-state index in [1.807, 2.05) is 4.68 Å². The standard InChI is InChI=1S/C23H39N5O2/c1-3-5-7-9-11-13-17-26(18-14-12-10-8-6-4-2)20-27-23-19-21(28(29)30)15-16-22(23)24-25-27/h15-16,19H,3-14,17-18,20H2,1-2H3. The van der Waals surface area contributed by atoms with E-state index in [0.717, 1.165) is 18.6 Å². The Balaban J connectivity index is 1.94. The van der Waals surface area contributed by atoms with E-state index in [-0.39, 0.29) is 10.6 Å². The van der Waals surface area contributed by atoms with Gasteiger partial charge in [0.05, 0.1) is 17.1 Å². The molecule has 0 amide bonds. The first-order valence-corrected chi connectivity index (χ1v) is 11.9. The minimum Gasteiger partial charge on any atom is -0.284 e. The average molecular weight is 418 g/mol. The molecule has 7 heteroatoms. The van der Waals surface area contributed by atoms with Crippen molar-refractivity contribution in [2.45, 2.75) is 97.6 Å². The summed E-state index contributed by atoms with van der Waals surface area (Å²) in [5, 5.41) is 19.6. The second-order valence-corrected chi connectivity index (χ2v) is 8.31. The molecule has 2 rings (SSSR count). The van der Waals surface area contributed by atoms with Gasteiger partial charge in [0, 0.05) is 12.1 Å². The van der Waals surface area contributed by atoms with Crippen molar-refractivity contribution in [3.63, 3.8) is 0 Å². The number of nitro groups is 1. The summed E-state index contributed by atoms with van der Waals surface area (Å²) in [4.78, 5) is 13.2. The number of fused-ring (bicyclic) bond motifs is 1. The molecular formula is C23H39N5O2. The molecule has 0 aliphatic carbocycles. The lowest BCUT2D eigenvalue weighted by Gasteiger charge is -2.22. The molecule has 30 heavy (non-hydrogen) atoms. The van der Waals surface area contributed by atoms with Crippen LogP contribution in [0.4, 0.5) is 5.69 Å². The largest absolute Gasteiger partial charge is 0.284 e. The molecule has 0 bridgehead atoms. The number of benzene rings is 1. The SMILES string of the molecule is CCCCCCCCN(CCCCCCCC)Cn1nnc2ccc([N+](=O)[O-])cc21.